The smallest absolute Gasteiger partial charge is 0.186 e. The summed E-state index contributed by atoms with van der Waals surface area (Å²) in [6.07, 6.45) is 0. The number of fused-ring (bicyclic) bond motifs is 1. The second-order valence-electron chi connectivity index (χ2n) is 3.58. The number of alkyl halides is 1. The van der Waals surface area contributed by atoms with Gasteiger partial charge in [-0.2, -0.15) is 0 Å². The summed E-state index contributed by atoms with van der Waals surface area (Å²) in [5.41, 5.74) is 1.23. The first kappa shape index (κ1) is 10.8. The highest BCUT2D eigenvalue weighted by Crippen LogP contribution is 2.29. The van der Waals surface area contributed by atoms with Gasteiger partial charge < -0.3 is 0 Å². The molecule has 0 spiro atoms. The van der Waals surface area contributed by atoms with Gasteiger partial charge in [-0.25, -0.2) is 0 Å². The number of hydrogen-bond donors (Lipinski definition) is 0. The molecule has 2 rings (SSSR count). The molecule has 0 amide bonds. The molecule has 3 heteroatoms. The SMILES string of the molecule is Cc1cccc2sc(C(=O)C(C)Br)cc12. The number of benzene rings is 1. The second-order valence-corrected chi connectivity index (χ2v) is 6.03. The molecule has 2 aromatic rings. The molecule has 0 saturated heterocycles. The lowest BCUT2D eigenvalue weighted by Gasteiger charge is -1.96. The topological polar surface area (TPSA) is 17.1 Å². The molecule has 1 aromatic carbocycles. The van der Waals surface area contributed by atoms with E-state index in [1.807, 2.05) is 19.1 Å². The van der Waals surface area contributed by atoms with Crippen LogP contribution in [0, 0.1) is 6.92 Å². The summed E-state index contributed by atoms with van der Waals surface area (Å²) in [4.78, 5) is 12.5. The van der Waals surface area contributed by atoms with E-state index in [0.29, 0.717) is 0 Å². The van der Waals surface area contributed by atoms with Gasteiger partial charge in [-0.05, 0) is 36.9 Å². The number of aryl methyl sites for hydroxylation is 1. The van der Waals surface area contributed by atoms with Crippen LogP contribution in [0.2, 0.25) is 0 Å². The highest BCUT2D eigenvalue weighted by Gasteiger charge is 2.15. The number of carbonyl (C=O) groups is 1. The average molecular weight is 283 g/mol. The molecule has 1 atom stereocenters. The first-order valence-electron chi connectivity index (χ1n) is 4.77. The van der Waals surface area contributed by atoms with Crippen LogP contribution in [0.3, 0.4) is 0 Å². The zero-order valence-electron chi connectivity index (χ0n) is 8.58. The molecule has 0 saturated carbocycles. The second kappa shape index (κ2) is 4.06. The Bertz CT molecular complexity index is 513. The minimum Gasteiger partial charge on any atom is -0.292 e. The lowest BCUT2D eigenvalue weighted by atomic mass is 10.1. The van der Waals surface area contributed by atoms with Crippen molar-refractivity contribution in [1.82, 2.24) is 0 Å². The molecule has 1 unspecified atom stereocenters. The van der Waals surface area contributed by atoms with Crippen molar-refractivity contribution in [3.63, 3.8) is 0 Å². The number of halogens is 1. The summed E-state index contributed by atoms with van der Waals surface area (Å²) in [6.45, 7) is 3.93. The molecule has 0 aliphatic carbocycles. The van der Waals surface area contributed by atoms with Crippen LogP contribution in [-0.2, 0) is 0 Å². The Balaban J connectivity index is 2.57. The van der Waals surface area contributed by atoms with E-state index < -0.39 is 0 Å². The summed E-state index contributed by atoms with van der Waals surface area (Å²) >= 11 is 4.88. The van der Waals surface area contributed by atoms with Gasteiger partial charge in [0.2, 0.25) is 0 Å². The van der Waals surface area contributed by atoms with Crippen molar-refractivity contribution in [2.45, 2.75) is 18.7 Å². The van der Waals surface area contributed by atoms with Crippen molar-refractivity contribution in [2.75, 3.05) is 0 Å². The number of thiophene rings is 1. The molecule has 1 nitrogen and oxygen atoms in total. The Hall–Kier alpha value is -0.670. The molecule has 0 radical (unpaired) electrons. The lowest BCUT2D eigenvalue weighted by molar-refractivity contribution is 0.1000. The van der Waals surface area contributed by atoms with E-state index >= 15 is 0 Å². The van der Waals surface area contributed by atoms with Crippen LogP contribution in [0.1, 0.15) is 22.2 Å². The maximum atomic E-state index is 11.8. The standard InChI is InChI=1S/C12H11BrOS/c1-7-4-3-5-10-9(7)6-11(15-10)12(14)8(2)13/h3-6,8H,1-2H3. The van der Waals surface area contributed by atoms with Gasteiger partial charge in [-0.1, -0.05) is 28.1 Å². The third kappa shape index (κ3) is 1.99. The van der Waals surface area contributed by atoms with Gasteiger partial charge in [0, 0.05) is 4.70 Å². The number of ketones is 1. The van der Waals surface area contributed by atoms with Crippen molar-refractivity contribution < 1.29 is 4.79 Å². The molecule has 78 valence electrons. The van der Waals surface area contributed by atoms with E-state index in [2.05, 4.69) is 35.0 Å². The van der Waals surface area contributed by atoms with Crippen molar-refractivity contribution in [2.24, 2.45) is 0 Å². The fourth-order valence-corrected chi connectivity index (χ4v) is 3.09. The fourth-order valence-electron chi connectivity index (χ4n) is 1.52. The van der Waals surface area contributed by atoms with Gasteiger partial charge in [0.1, 0.15) is 0 Å². The van der Waals surface area contributed by atoms with Crippen LogP contribution in [-0.4, -0.2) is 10.6 Å². The zero-order valence-corrected chi connectivity index (χ0v) is 11.0. The Labute approximate surface area is 101 Å². The normalized spacial score (nSPS) is 13.0. The Kier molecular flexibility index (Phi) is 2.94. The first-order valence-corrected chi connectivity index (χ1v) is 6.50. The van der Waals surface area contributed by atoms with Gasteiger partial charge in [-0.3, -0.25) is 4.79 Å². The Morgan fingerprint density at radius 3 is 2.80 bits per heavy atom. The molecule has 0 bridgehead atoms. The third-order valence-electron chi connectivity index (χ3n) is 2.38. The minimum atomic E-state index is -0.106. The Morgan fingerprint density at radius 1 is 1.47 bits per heavy atom. The number of carbonyl (C=O) groups excluding carboxylic acids is 1. The van der Waals surface area contributed by atoms with E-state index in [-0.39, 0.29) is 10.6 Å². The molecule has 0 aliphatic heterocycles. The summed E-state index contributed by atoms with van der Waals surface area (Å²) in [6, 6.07) is 8.15. The van der Waals surface area contributed by atoms with Gasteiger partial charge in [0.05, 0.1) is 9.70 Å². The zero-order chi connectivity index (χ0) is 11.0. The monoisotopic (exact) mass is 282 g/mol. The van der Waals surface area contributed by atoms with E-state index in [4.69, 9.17) is 0 Å². The van der Waals surface area contributed by atoms with E-state index in [1.54, 1.807) is 11.3 Å². The summed E-state index contributed by atoms with van der Waals surface area (Å²) in [5.74, 6) is 0.163. The van der Waals surface area contributed by atoms with Crippen LogP contribution < -0.4 is 0 Å². The maximum Gasteiger partial charge on any atom is 0.186 e. The molecule has 0 fully saturated rings. The summed E-state index contributed by atoms with van der Waals surface area (Å²) < 4.78 is 1.19. The molecular formula is C12H11BrOS. The van der Waals surface area contributed by atoms with Crippen molar-refractivity contribution in [3.05, 3.63) is 34.7 Å². The lowest BCUT2D eigenvalue weighted by Crippen LogP contribution is -2.07. The van der Waals surface area contributed by atoms with Crippen LogP contribution >= 0.6 is 27.3 Å². The van der Waals surface area contributed by atoms with Crippen LogP contribution in [0.5, 0.6) is 0 Å². The van der Waals surface area contributed by atoms with Crippen molar-refractivity contribution in [3.8, 4) is 0 Å². The van der Waals surface area contributed by atoms with E-state index in [9.17, 15) is 4.79 Å². The van der Waals surface area contributed by atoms with E-state index in [0.717, 1.165) is 4.88 Å². The first-order chi connectivity index (χ1) is 7.09. The van der Waals surface area contributed by atoms with Gasteiger partial charge >= 0.3 is 0 Å². The minimum absolute atomic E-state index is 0.106. The van der Waals surface area contributed by atoms with Gasteiger partial charge in [-0.15, -0.1) is 11.3 Å². The van der Waals surface area contributed by atoms with Crippen LogP contribution in [0.4, 0.5) is 0 Å². The van der Waals surface area contributed by atoms with Gasteiger partial charge in [0.15, 0.2) is 5.78 Å². The Morgan fingerprint density at radius 2 is 2.20 bits per heavy atom. The quantitative estimate of drug-likeness (QED) is 0.597. The summed E-state index contributed by atoms with van der Waals surface area (Å²) in [7, 11) is 0. The van der Waals surface area contributed by atoms with Crippen molar-refractivity contribution >= 4 is 43.1 Å². The highest BCUT2D eigenvalue weighted by molar-refractivity contribution is 9.10. The number of hydrogen-bond acceptors (Lipinski definition) is 2. The molecule has 1 heterocycles. The maximum absolute atomic E-state index is 11.8. The van der Waals surface area contributed by atoms with E-state index in [1.165, 1.54) is 15.6 Å². The van der Waals surface area contributed by atoms with Crippen LogP contribution in [0.15, 0.2) is 24.3 Å². The predicted octanol–water partition coefficient (Wildman–Crippen LogP) is 4.18. The largest absolute Gasteiger partial charge is 0.292 e. The van der Waals surface area contributed by atoms with Crippen molar-refractivity contribution in [1.29, 1.82) is 0 Å². The molecule has 0 N–H and O–H groups in total. The number of rotatable bonds is 2. The highest BCUT2D eigenvalue weighted by atomic mass is 79.9. The fraction of sp³-hybridized carbons (Fsp3) is 0.250. The molecule has 15 heavy (non-hydrogen) atoms. The number of Topliss-reactive ketones (excluding diaryl/α,β-unsaturated/α-hetero) is 1. The molecule has 1 aromatic heterocycles. The molecular weight excluding hydrogens is 272 g/mol. The average Bonchev–Trinajstić information content (AvgIpc) is 2.61. The predicted molar refractivity (Wildman–Crippen MR) is 69.3 cm³/mol. The van der Waals surface area contributed by atoms with Crippen LogP contribution in [0.25, 0.3) is 10.1 Å². The van der Waals surface area contributed by atoms with Gasteiger partial charge in [0.25, 0.3) is 0 Å². The molecule has 0 aliphatic rings. The third-order valence-corrected chi connectivity index (χ3v) is 3.91. The summed E-state index contributed by atoms with van der Waals surface area (Å²) in [5, 5.41) is 1.19.